The number of amides is 2. The number of aromatic nitrogens is 2. The molecule has 0 bridgehead atoms. The first kappa shape index (κ1) is 22.9. The van der Waals surface area contributed by atoms with E-state index in [-0.39, 0.29) is 29.4 Å². The fourth-order valence-electron chi connectivity index (χ4n) is 3.67. The highest BCUT2D eigenvalue weighted by Gasteiger charge is 2.20. The van der Waals surface area contributed by atoms with Crippen LogP contribution in [0.5, 0.6) is 0 Å². The van der Waals surface area contributed by atoms with E-state index in [0.717, 1.165) is 36.0 Å². The van der Waals surface area contributed by atoms with E-state index >= 15 is 0 Å². The van der Waals surface area contributed by atoms with Gasteiger partial charge in [0.2, 0.25) is 0 Å². The van der Waals surface area contributed by atoms with Crippen molar-refractivity contribution in [2.45, 2.75) is 25.4 Å². The molecule has 1 fully saturated rings. The van der Waals surface area contributed by atoms with Gasteiger partial charge in [0, 0.05) is 34.7 Å². The first-order valence-electron chi connectivity index (χ1n) is 10.8. The third-order valence-corrected chi connectivity index (χ3v) is 6.24. The van der Waals surface area contributed by atoms with Crippen LogP contribution in [0.3, 0.4) is 0 Å². The van der Waals surface area contributed by atoms with Gasteiger partial charge in [0.15, 0.2) is 11.5 Å². The summed E-state index contributed by atoms with van der Waals surface area (Å²) in [6.45, 7) is 2.07. The Morgan fingerprint density at radius 1 is 1.15 bits per heavy atom. The minimum absolute atomic E-state index is 0.0350. The molecule has 0 aliphatic carbocycles. The second-order valence-electron chi connectivity index (χ2n) is 7.86. The lowest BCUT2D eigenvalue weighted by Crippen LogP contribution is -2.46. The summed E-state index contributed by atoms with van der Waals surface area (Å²) >= 11 is 3.49. The van der Waals surface area contributed by atoms with Crippen LogP contribution in [0.25, 0.3) is 11.3 Å². The van der Waals surface area contributed by atoms with E-state index < -0.39 is 0 Å². The van der Waals surface area contributed by atoms with Gasteiger partial charge in [-0.05, 0) is 43.1 Å². The maximum atomic E-state index is 12.8. The largest absolute Gasteiger partial charge is 0.382 e. The molecule has 3 aromatic rings. The monoisotopic (exact) mass is 508 g/mol. The van der Waals surface area contributed by atoms with Gasteiger partial charge in [-0.15, -0.1) is 0 Å². The molecular weight excluding hydrogens is 484 g/mol. The first-order chi connectivity index (χ1) is 16.0. The Kier molecular flexibility index (Phi) is 7.31. The van der Waals surface area contributed by atoms with Gasteiger partial charge < -0.3 is 21.7 Å². The van der Waals surface area contributed by atoms with Crippen molar-refractivity contribution in [3.8, 4) is 11.3 Å². The second-order valence-corrected chi connectivity index (χ2v) is 8.72. The maximum Gasteiger partial charge on any atom is 0.274 e. The molecule has 2 heterocycles. The summed E-state index contributed by atoms with van der Waals surface area (Å²) in [6.07, 6.45) is 3.41. The molecule has 0 radical (unpaired) electrons. The van der Waals surface area contributed by atoms with E-state index in [1.807, 2.05) is 30.3 Å². The minimum atomic E-state index is -0.349. The fraction of sp³-hybridized carbons (Fsp3) is 0.250. The fourth-order valence-corrected chi connectivity index (χ4v) is 4.10. The van der Waals surface area contributed by atoms with Crippen LogP contribution in [0.15, 0.2) is 59.2 Å². The predicted molar refractivity (Wildman–Crippen MR) is 131 cm³/mol. The van der Waals surface area contributed by atoms with Gasteiger partial charge in [-0.2, -0.15) is 0 Å². The number of halogens is 1. The molecule has 170 valence electrons. The van der Waals surface area contributed by atoms with E-state index in [1.165, 1.54) is 6.20 Å². The molecule has 5 N–H and O–H groups in total. The summed E-state index contributed by atoms with van der Waals surface area (Å²) in [5, 5.41) is 9.15. The van der Waals surface area contributed by atoms with Crippen LogP contribution in [-0.4, -0.2) is 40.9 Å². The Morgan fingerprint density at radius 2 is 2.00 bits per heavy atom. The highest BCUT2D eigenvalue weighted by atomic mass is 79.9. The second kappa shape index (κ2) is 10.5. The molecule has 9 heteroatoms. The van der Waals surface area contributed by atoms with Crippen LogP contribution >= 0.6 is 15.9 Å². The van der Waals surface area contributed by atoms with Crippen molar-refractivity contribution in [2.75, 3.05) is 18.8 Å². The third-order valence-electron chi connectivity index (χ3n) is 5.47. The van der Waals surface area contributed by atoms with Gasteiger partial charge in [0.05, 0.1) is 11.9 Å². The Morgan fingerprint density at radius 3 is 2.79 bits per heavy atom. The zero-order valence-electron chi connectivity index (χ0n) is 18.0. The molecule has 0 saturated carbocycles. The van der Waals surface area contributed by atoms with Crippen LogP contribution in [0.4, 0.5) is 5.82 Å². The molecule has 1 aromatic heterocycles. The molecule has 2 amide bonds. The lowest BCUT2D eigenvalue weighted by molar-refractivity contribution is 0.0923. The zero-order valence-corrected chi connectivity index (χ0v) is 19.6. The summed E-state index contributed by atoms with van der Waals surface area (Å²) < 4.78 is 0.936. The van der Waals surface area contributed by atoms with E-state index in [4.69, 9.17) is 5.73 Å². The summed E-state index contributed by atoms with van der Waals surface area (Å²) in [5.74, 6) is -0.487. The van der Waals surface area contributed by atoms with E-state index in [2.05, 4.69) is 41.8 Å². The molecule has 0 spiro atoms. The van der Waals surface area contributed by atoms with Crippen molar-refractivity contribution in [1.82, 2.24) is 25.9 Å². The van der Waals surface area contributed by atoms with Crippen molar-refractivity contribution >= 4 is 33.6 Å². The number of anilines is 1. The molecule has 2 aromatic carbocycles. The van der Waals surface area contributed by atoms with Crippen LogP contribution in [0, 0.1) is 0 Å². The van der Waals surface area contributed by atoms with Crippen molar-refractivity contribution < 1.29 is 9.59 Å². The van der Waals surface area contributed by atoms with E-state index in [0.29, 0.717) is 23.4 Å². The van der Waals surface area contributed by atoms with E-state index in [9.17, 15) is 9.59 Å². The van der Waals surface area contributed by atoms with Crippen LogP contribution in [-0.2, 0) is 6.54 Å². The molecule has 1 saturated heterocycles. The summed E-state index contributed by atoms with van der Waals surface area (Å²) in [5.41, 5.74) is 8.63. The number of rotatable bonds is 6. The van der Waals surface area contributed by atoms with Crippen molar-refractivity contribution in [1.29, 1.82) is 0 Å². The Hall–Kier alpha value is -3.30. The smallest absolute Gasteiger partial charge is 0.274 e. The first-order valence-corrected chi connectivity index (χ1v) is 11.6. The average Bonchev–Trinajstić information content (AvgIpc) is 2.84. The molecular formula is C24H25BrN6O2. The Balaban J connectivity index is 1.49. The molecule has 1 aliphatic rings. The van der Waals surface area contributed by atoms with Crippen LogP contribution in [0.1, 0.15) is 39.3 Å². The van der Waals surface area contributed by atoms with Crippen LogP contribution in [0.2, 0.25) is 0 Å². The van der Waals surface area contributed by atoms with Crippen molar-refractivity contribution in [3.63, 3.8) is 0 Å². The summed E-state index contributed by atoms with van der Waals surface area (Å²) in [4.78, 5) is 34.1. The number of hydrogen-bond acceptors (Lipinski definition) is 6. The third kappa shape index (κ3) is 5.74. The molecule has 1 aliphatic heterocycles. The van der Waals surface area contributed by atoms with Gasteiger partial charge in [-0.1, -0.05) is 46.3 Å². The lowest BCUT2D eigenvalue weighted by Gasteiger charge is -2.23. The number of carbonyl (C=O) groups excluding carboxylic acids is 2. The topological polar surface area (TPSA) is 122 Å². The van der Waals surface area contributed by atoms with Gasteiger partial charge >= 0.3 is 0 Å². The molecule has 33 heavy (non-hydrogen) atoms. The number of carbonyl (C=O) groups is 2. The Labute approximate surface area is 200 Å². The number of piperidine rings is 1. The average molecular weight is 509 g/mol. The van der Waals surface area contributed by atoms with Gasteiger partial charge in [0.1, 0.15) is 0 Å². The highest BCUT2D eigenvalue weighted by molar-refractivity contribution is 9.10. The standard InChI is InChI=1S/C24H25BrN6O2/c25-19-9-2-1-5-17(19)12-29-23(32)16-7-3-6-15(11-16)20-14-28-22(26)21(31-20)24(33)30-18-8-4-10-27-13-18/h1-3,5-7,9,11,14,18,27H,4,8,10,12-13H2,(H2,26,28)(H,29,32)(H,30,33)/t18-/m0/s1. The SMILES string of the molecule is Nc1ncc(-c2cccc(C(=O)NCc3ccccc3Br)c2)nc1C(=O)N[C@H]1CCCNC1. The van der Waals surface area contributed by atoms with Crippen molar-refractivity contribution in [2.24, 2.45) is 0 Å². The molecule has 1 atom stereocenters. The number of hydrogen-bond donors (Lipinski definition) is 4. The number of nitrogens with one attached hydrogen (secondary N) is 3. The predicted octanol–water partition coefficient (Wildman–Crippen LogP) is 2.90. The number of nitrogens with zero attached hydrogens (tertiary/aromatic N) is 2. The summed E-state index contributed by atoms with van der Waals surface area (Å²) in [7, 11) is 0. The lowest BCUT2D eigenvalue weighted by atomic mass is 10.1. The van der Waals surface area contributed by atoms with Crippen LogP contribution < -0.4 is 21.7 Å². The van der Waals surface area contributed by atoms with Crippen molar-refractivity contribution in [3.05, 3.63) is 76.0 Å². The molecule has 4 rings (SSSR count). The maximum absolute atomic E-state index is 12.8. The Bertz CT molecular complexity index is 1160. The number of benzene rings is 2. The highest BCUT2D eigenvalue weighted by Crippen LogP contribution is 2.21. The minimum Gasteiger partial charge on any atom is -0.382 e. The zero-order chi connectivity index (χ0) is 23.2. The van der Waals surface area contributed by atoms with Gasteiger partial charge in [-0.25, -0.2) is 9.97 Å². The van der Waals surface area contributed by atoms with E-state index in [1.54, 1.807) is 18.2 Å². The summed E-state index contributed by atoms with van der Waals surface area (Å²) in [6, 6.07) is 14.8. The normalized spacial score (nSPS) is 15.6. The van der Waals surface area contributed by atoms with Gasteiger partial charge in [-0.3, -0.25) is 9.59 Å². The number of nitrogens with two attached hydrogens (primary N) is 1. The van der Waals surface area contributed by atoms with Gasteiger partial charge in [0.25, 0.3) is 11.8 Å². The molecule has 8 nitrogen and oxygen atoms in total. The molecule has 0 unspecified atom stereocenters. The number of nitrogen functional groups attached to an aromatic ring is 1. The quantitative estimate of drug-likeness (QED) is 0.406.